The highest BCUT2D eigenvalue weighted by Crippen LogP contribution is 2.35. The van der Waals surface area contributed by atoms with Crippen LogP contribution in [0.5, 0.6) is 5.75 Å². The number of fused-ring (bicyclic) bond motifs is 1. The first-order valence-corrected chi connectivity index (χ1v) is 7.58. The van der Waals surface area contributed by atoms with Crippen LogP contribution in [-0.4, -0.2) is 25.4 Å². The van der Waals surface area contributed by atoms with Crippen molar-refractivity contribution in [2.24, 2.45) is 11.8 Å². The van der Waals surface area contributed by atoms with E-state index < -0.39 is 0 Å². The maximum Gasteiger partial charge on any atom is 0.125 e. The van der Waals surface area contributed by atoms with E-state index in [9.17, 15) is 0 Å². The first-order valence-electron chi connectivity index (χ1n) is 7.21. The molecule has 4 nitrogen and oxygen atoms in total. The van der Waals surface area contributed by atoms with Crippen LogP contribution in [0, 0.1) is 5.92 Å². The van der Waals surface area contributed by atoms with Crippen LogP contribution < -0.4 is 16.0 Å². The van der Waals surface area contributed by atoms with Gasteiger partial charge < -0.3 is 9.47 Å². The number of nitrogens with one attached hydrogen (secondary N) is 1. The number of hydrazine groups is 1. The molecule has 1 fully saturated rings. The molecule has 0 aliphatic carbocycles. The first-order chi connectivity index (χ1) is 9.69. The second-order valence-electron chi connectivity index (χ2n) is 5.73. The Hall–Kier alpha value is -0.810. The van der Waals surface area contributed by atoms with Gasteiger partial charge in [-0.05, 0) is 42.0 Å². The highest BCUT2D eigenvalue weighted by atomic mass is 35.5. The van der Waals surface area contributed by atoms with Gasteiger partial charge in [-0.15, -0.1) is 0 Å². The average molecular weight is 297 g/mol. The van der Waals surface area contributed by atoms with Crippen molar-refractivity contribution < 1.29 is 9.47 Å². The van der Waals surface area contributed by atoms with E-state index in [1.807, 2.05) is 12.1 Å². The third-order valence-corrected chi connectivity index (χ3v) is 4.54. The molecule has 1 aromatic carbocycles. The summed E-state index contributed by atoms with van der Waals surface area (Å²) in [6.45, 7) is 3.76. The van der Waals surface area contributed by atoms with E-state index in [0.29, 0.717) is 5.92 Å². The summed E-state index contributed by atoms with van der Waals surface area (Å²) in [7, 11) is 0. The van der Waals surface area contributed by atoms with Gasteiger partial charge >= 0.3 is 0 Å². The molecule has 0 amide bonds. The first kappa shape index (κ1) is 14.1. The van der Waals surface area contributed by atoms with Crippen molar-refractivity contribution in [2.45, 2.75) is 38.3 Å². The van der Waals surface area contributed by atoms with Gasteiger partial charge in [0, 0.05) is 18.1 Å². The SMILES string of the molecule is CC1CCOC1C(Cc1cc(Cl)cc2c1OCC2)NN. The Morgan fingerprint density at radius 2 is 2.30 bits per heavy atom. The number of rotatable bonds is 4. The van der Waals surface area contributed by atoms with Crippen molar-refractivity contribution in [3.8, 4) is 5.75 Å². The molecule has 0 saturated carbocycles. The normalized spacial score (nSPS) is 26.4. The summed E-state index contributed by atoms with van der Waals surface area (Å²) in [5, 5.41) is 0.764. The fourth-order valence-corrected chi connectivity index (χ4v) is 3.50. The Kier molecular flexibility index (Phi) is 4.17. The molecule has 3 rings (SSSR count). The summed E-state index contributed by atoms with van der Waals surface area (Å²) in [6, 6.07) is 4.06. The Morgan fingerprint density at radius 1 is 1.45 bits per heavy atom. The summed E-state index contributed by atoms with van der Waals surface area (Å²) in [5.74, 6) is 7.25. The Morgan fingerprint density at radius 3 is 3.00 bits per heavy atom. The number of ether oxygens (including phenoxy) is 2. The molecule has 3 N–H and O–H groups in total. The minimum atomic E-state index is 0.0827. The number of halogens is 1. The van der Waals surface area contributed by atoms with Gasteiger partial charge in [0.2, 0.25) is 0 Å². The zero-order valence-corrected chi connectivity index (χ0v) is 12.5. The van der Waals surface area contributed by atoms with Gasteiger partial charge in [0.25, 0.3) is 0 Å². The van der Waals surface area contributed by atoms with Crippen molar-refractivity contribution in [2.75, 3.05) is 13.2 Å². The van der Waals surface area contributed by atoms with Crippen LogP contribution in [0.2, 0.25) is 5.02 Å². The van der Waals surface area contributed by atoms with Gasteiger partial charge in [-0.25, -0.2) is 0 Å². The van der Waals surface area contributed by atoms with Crippen molar-refractivity contribution in [1.29, 1.82) is 0 Å². The topological polar surface area (TPSA) is 56.5 Å². The Labute approximate surface area is 124 Å². The molecule has 5 heteroatoms. The van der Waals surface area contributed by atoms with Crippen molar-refractivity contribution >= 4 is 11.6 Å². The molecule has 3 atom stereocenters. The summed E-state index contributed by atoms with van der Waals surface area (Å²) in [4.78, 5) is 0. The molecule has 0 spiro atoms. The van der Waals surface area contributed by atoms with Crippen molar-refractivity contribution in [1.82, 2.24) is 5.43 Å². The lowest BCUT2D eigenvalue weighted by molar-refractivity contribution is 0.0608. The highest BCUT2D eigenvalue weighted by Gasteiger charge is 2.32. The van der Waals surface area contributed by atoms with Gasteiger partial charge in [-0.1, -0.05) is 18.5 Å². The molecule has 0 aromatic heterocycles. The molecule has 1 aromatic rings. The van der Waals surface area contributed by atoms with Gasteiger partial charge in [0.1, 0.15) is 5.75 Å². The van der Waals surface area contributed by atoms with Crippen LogP contribution in [0.25, 0.3) is 0 Å². The van der Waals surface area contributed by atoms with Gasteiger partial charge in [-0.2, -0.15) is 0 Å². The van der Waals surface area contributed by atoms with E-state index in [1.165, 1.54) is 5.56 Å². The summed E-state index contributed by atoms with van der Waals surface area (Å²) in [5.41, 5.74) is 5.23. The summed E-state index contributed by atoms with van der Waals surface area (Å²) < 4.78 is 11.6. The van der Waals surface area contributed by atoms with Crippen LogP contribution >= 0.6 is 11.6 Å². The largest absolute Gasteiger partial charge is 0.493 e. The lowest BCUT2D eigenvalue weighted by atomic mass is 9.92. The minimum absolute atomic E-state index is 0.0827. The molecule has 20 heavy (non-hydrogen) atoms. The van der Waals surface area contributed by atoms with Crippen LogP contribution in [-0.2, 0) is 17.6 Å². The van der Waals surface area contributed by atoms with Gasteiger partial charge in [0.15, 0.2) is 0 Å². The minimum Gasteiger partial charge on any atom is -0.493 e. The zero-order chi connectivity index (χ0) is 14.1. The smallest absolute Gasteiger partial charge is 0.125 e. The number of benzene rings is 1. The van der Waals surface area contributed by atoms with E-state index in [2.05, 4.69) is 12.3 Å². The third kappa shape index (κ3) is 2.66. The summed E-state index contributed by atoms with van der Waals surface area (Å²) >= 11 is 6.21. The van der Waals surface area contributed by atoms with E-state index in [-0.39, 0.29) is 12.1 Å². The maximum absolute atomic E-state index is 6.21. The highest BCUT2D eigenvalue weighted by molar-refractivity contribution is 6.30. The van der Waals surface area contributed by atoms with E-state index in [0.717, 1.165) is 48.8 Å². The maximum atomic E-state index is 6.21. The average Bonchev–Trinajstić information content (AvgIpc) is 3.04. The standard InChI is InChI=1S/C15H21ClN2O2/c1-9-2-4-19-14(9)13(18-17)8-11-7-12(16)6-10-3-5-20-15(10)11/h6-7,9,13-14,18H,2-5,8,17H2,1H3. The Bertz CT molecular complexity index is 495. The molecule has 0 bridgehead atoms. The molecular formula is C15H21ClN2O2. The quantitative estimate of drug-likeness (QED) is 0.660. The number of nitrogens with two attached hydrogens (primary N) is 1. The van der Waals surface area contributed by atoms with Crippen LogP contribution in [0.1, 0.15) is 24.5 Å². The van der Waals surface area contributed by atoms with Crippen LogP contribution in [0.3, 0.4) is 0 Å². The third-order valence-electron chi connectivity index (χ3n) is 4.32. The molecule has 2 aliphatic rings. The monoisotopic (exact) mass is 296 g/mol. The fraction of sp³-hybridized carbons (Fsp3) is 0.600. The lowest BCUT2D eigenvalue weighted by Crippen LogP contribution is -2.47. The molecular weight excluding hydrogens is 276 g/mol. The van der Waals surface area contributed by atoms with Gasteiger partial charge in [0.05, 0.1) is 18.8 Å². The fourth-order valence-electron chi connectivity index (χ4n) is 3.24. The number of hydrogen-bond donors (Lipinski definition) is 2. The second-order valence-corrected chi connectivity index (χ2v) is 6.17. The second kappa shape index (κ2) is 5.90. The van der Waals surface area contributed by atoms with E-state index in [1.54, 1.807) is 0 Å². The van der Waals surface area contributed by atoms with Gasteiger partial charge in [-0.3, -0.25) is 11.3 Å². The predicted octanol–water partition coefficient (Wildman–Crippen LogP) is 2.07. The van der Waals surface area contributed by atoms with Crippen LogP contribution in [0.4, 0.5) is 0 Å². The molecule has 0 radical (unpaired) electrons. The molecule has 3 unspecified atom stereocenters. The zero-order valence-electron chi connectivity index (χ0n) is 11.7. The van der Waals surface area contributed by atoms with E-state index >= 15 is 0 Å². The van der Waals surface area contributed by atoms with Crippen molar-refractivity contribution in [3.05, 3.63) is 28.3 Å². The molecule has 110 valence electrons. The lowest BCUT2D eigenvalue weighted by Gasteiger charge is -2.26. The molecule has 1 saturated heterocycles. The predicted molar refractivity (Wildman–Crippen MR) is 79.0 cm³/mol. The van der Waals surface area contributed by atoms with Crippen LogP contribution in [0.15, 0.2) is 12.1 Å². The Balaban J connectivity index is 1.82. The molecule has 2 aliphatic heterocycles. The van der Waals surface area contributed by atoms with Crippen molar-refractivity contribution in [3.63, 3.8) is 0 Å². The van der Waals surface area contributed by atoms with E-state index in [4.69, 9.17) is 26.9 Å². The summed E-state index contributed by atoms with van der Waals surface area (Å²) in [6.07, 6.45) is 2.94. The molecule has 2 heterocycles. The number of hydrogen-bond acceptors (Lipinski definition) is 4.